The quantitative estimate of drug-likeness (QED) is 0.620. The third kappa shape index (κ3) is 2.90. The van der Waals surface area contributed by atoms with Crippen LogP contribution in [0.3, 0.4) is 0 Å². The molecule has 1 aromatic heterocycles. The summed E-state index contributed by atoms with van der Waals surface area (Å²) in [4.78, 5) is 10.7. The maximum absolute atomic E-state index is 5.37. The predicted molar refractivity (Wildman–Crippen MR) is 74.2 cm³/mol. The number of aromatic nitrogens is 2. The molecule has 0 bridgehead atoms. The lowest BCUT2D eigenvalue weighted by molar-refractivity contribution is 0.198. The smallest absolute Gasteiger partial charge is 0.145 e. The Morgan fingerprint density at radius 3 is 2.50 bits per heavy atom. The monoisotopic (exact) mass is 249 g/mol. The topological polar surface area (TPSA) is 67.1 Å². The van der Waals surface area contributed by atoms with Crippen molar-refractivity contribution in [1.29, 1.82) is 0 Å². The first kappa shape index (κ1) is 13.1. The van der Waals surface area contributed by atoms with Gasteiger partial charge in [-0.15, -0.1) is 0 Å². The number of hydrogen-bond donors (Lipinski definition) is 2. The first-order valence-electron chi connectivity index (χ1n) is 6.54. The summed E-state index contributed by atoms with van der Waals surface area (Å²) in [6.07, 6.45) is 4.00. The van der Waals surface area contributed by atoms with Gasteiger partial charge >= 0.3 is 0 Å². The van der Waals surface area contributed by atoms with E-state index in [0.717, 1.165) is 24.8 Å². The van der Waals surface area contributed by atoms with E-state index in [4.69, 9.17) is 5.84 Å². The van der Waals surface area contributed by atoms with Gasteiger partial charge in [0.25, 0.3) is 0 Å². The number of nitrogens with one attached hydrogen (secondary N) is 1. The van der Waals surface area contributed by atoms with E-state index in [2.05, 4.69) is 41.1 Å². The lowest BCUT2D eigenvalue weighted by Gasteiger charge is -2.39. The molecule has 1 saturated heterocycles. The molecule has 2 rings (SSSR count). The van der Waals surface area contributed by atoms with Crippen LogP contribution in [0.4, 0.5) is 11.6 Å². The van der Waals surface area contributed by atoms with Crippen molar-refractivity contribution in [3.05, 3.63) is 12.4 Å². The fraction of sp³-hybridized carbons (Fsp3) is 0.692. The standard InChI is InChI=1S/C13H23N5/c1-13(2,3)10-4-6-18(7-5-10)12-8-11(17-14)15-9-16-12/h8-10H,4-7,14H2,1-3H3,(H,15,16,17). The molecule has 0 radical (unpaired) electrons. The minimum Gasteiger partial charge on any atom is -0.356 e. The molecule has 0 aromatic carbocycles. The average Bonchev–Trinajstić information content (AvgIpc) is 2.38. The van der Waals surface area contributed by atoms with Crippen LogP contribution in [0.15, 0.2) is 12.4 Å². The Morgan fingerprint density at radius 1 is 1.28 bits per heavy atom. The number of nitrogen functional groups attached to an aromatic ring is 1. The predicted octanol–water partition coefficient (Wildman–Crippen LogP) is 2.02. The van der Waals surface area contributed by atoms with Crippen LogP contribution in [0.5, 0.6) is 0 Å². The molecular formula is C13H23N5. The number of hydrazine groups is 1. The first-order valence-corrected chi connectivity index (χ1v) is 6.54. The maximum atomic E-state index is 5.37. The molecule has 0 saturated carbocycles. The van der Waals surface area contributed by atoms with Crippen molar-refractivity contribution in [3.8, 4) is 0 Å². The molecule has 1 fully saturated rings. The fourth-order valence-corrected chi connectivity index (χ4v) is 2.57. The van der Waals surface area contributed by atoms with Gasteiger partial charge in [0.2, 0.25) is 0 Å². The van der Waals surface area contributed by atoms with Crippen molar-refractivity contribution in [3.63, 3.8) is 0 Å². The minimum atomic E-state index is 0.405. The maximum Gasteiger partial charge on any atom is 0.145 e. The molecule has 5 nitrogen and oxygen atoms in total. The van der Waals surface area contributed by atoms with Gasteiger partial charge in [-0.25, -0.2) is 15.8 Å². The zero-order valence-electron chi connectivity index (χ0n) is 11.5. The molecule has 18 heavy (non-hydrogen) atoms. The van der Waals surface area contributed by atoms with Crippen LogP contribution in [0.2, 0.25) is 0 Å². The molecule has 3 N–H and O–H groups in total. The summed E-state index contributed by atoms with van der Waals surface area (Å²) < 4.78 is 0. The molecule has 0 amide bonds. The number of piperidine rings is 1. The van der Waals surface area contributed by atoms with Crippen LogP contribution in [0, 0.1) is 11.3 Å². The van der Waals surface area contributed by atoms with Crippen LogP contribution in [0.25, 0.3) is 0 Å². The zero-order valence-corrected chi connectivity index (χ0v) is 11.5. The Kier molecular flexibility index (Phi) is 3.71. The molecule has 0 aliphatic carbocycles. The summed E-state index contributed by atoms with van der Waals surface area (Å²) >= 11 is 0. The van der Waals surface area contributed by atoms with E-state index in [0.29, 0.717) is 11.2 Å². The van der Waals surface area contributed by atoms with Crippen molar-refractivity contribution >= 4 is 11.6 Å². The van der Waals surface area contributed by atoms with Gasteiger partial charge in [-0.05, 0) is 24.2 Å². The van der Waals surface area contributed by atoms with Gasteiger partial charge in [-0.2, -0.15) is 0 Å². The summed E-state index contributed by atoms with van der Waals surface area (Å²) in [7, 11) is 0. The third-order valence-electron chi connectivity index (χ3n) is 3.84. The van der Waals surface area contributed by atoms with Gasteiger partial charge in [-0.3, -0.25) is 0 Å². The number of hydrogen-bond acceptors (Lipinski definition) is 5. The van der Waals surface area contributed by atoms with E-state index < -0.39 is 0 Å². The molecule has 0 spiro atoms. The highest BCUT2D eigenvalue weighted by Gasteiger charge is 2.29. The second-order valence-electron chi connectivity index (χ2n) is 6.03. The van der Waals surface area contributed by atoms with Crippen molar-refractivity contribution in [2.24, 2.45) is 17.2 Å². The second-order valence-corrected chi connectivity index (χ2v) is 6.03. The van der Waals surface area contributed by atoms with E-state index in [-0.39, 0.29) is 0 Å². The molecule has 5 heteroatoms. The van der Waals surface area contributed by atoms with Gasteiger partial charge in [0.15, 0.2) is 0 Å². The Morgan fingerprint density at radius 2 is 1.94 bits per heavy atom. The van der Waals surface area contributed by atoms with Crippen molar-refractivity contribution in [2.75, 3.05) is 23.4 Å². The van der Waals surface area contributed by atoms with E-state index in [9.17, 15) is 0 Å². The second kappa shape index (κ2) is 5.10. The highest BCUT2D eigenvalue weighted by Crippen LogP contribution is 2.35. The van der Waals surface area contributed by atoms with Gasteiger partial charge in [0.05, 0.1) is 0 Å². The lowest BCUT2D eigenvalue weighted by atomic mass is 9.75. The summed E-state index contributed by atoms with van der Waals surface area (Å²) in [5.74, 6) is 7.79. The molecule has 1 aliphatic rings. The molecule has 0 unspecified atom stereocenters. The first-order chi connectivity index (χ1) is 8.50. The van der Waals surface area contributed by atoms with Crippen LogP contribution in [-0.2, 0) is 0 Å². The van der Waals surface area contributed by atoms with Gasteiger partial charge in [0, 0.05) is 19.2 Å². The van der Waals surface area contributed by atoms with Crippen LogP contribution < -0.4 is 16.2 Å². The van der Waals surface area contributed by atoms with Gasteiger partial charge < -0.3 is 10.3 Å². The molecule has 0 atom stereocenters. The minimum absolute atomic E-state index is 0.405. The molecule has 100 valence electrons. The Balaban J connectivity index is 2.01. The highest BCUT2D eigenvalue weighted by molar-refractivity contribution is 5.47. The van der Waals surface area contributed by atoms with Crippen molar-refractivity contribution in [2.45, 2.75) is 33.6 Å². The average molecular weight is 249 g/mol. The van der Waals surface area contributed by atoms with Gasteiger partial charge in [-0.1, -0.05) is 20.8 Å². The summed E-state index contributed by atoms with van der Waals surface area (Å²) in [6, 6.07) is 1.90. The van der Waals surface area contributed by atoms with E-state index in [1.54, 1.807) is 6.33 Å². The lowest BCUT2D eigenvalue weighted by Crippen LogP contribution is -2.38. The molecular weight excluding hydrogens is 226 g/mol. The highest BCUT2D eigenvalue weighted by atomic mass is 15.3. The molecule has 1 aromatic rings. The summed E-state index contributed by atoms with van der Waals surface area (Å²) in [5, 5.41) is 0. The summed E-state index contributed by atoms with van der Waals surface area (Å²) in [6.45, 7) is 9.10. The van der Waals surface area contributed by atoms with Crippen LogP contribution in [-0.4, -0.2) is 23.1 Å². The Bertz CT molecular complexity index is 391. The number of rotatable bonds is 2. The molecule has 2 heterocycles. The van der Waals surface area contributed by atoms with E-state index in [1.807, 2.05) is 6.07 Å². The number of anilines is 2. The van der Waals surface area contributed by atoms with Crippen LogP contribution in [0.1, 0.15) is 33.6 Å². The Labute approximate surface area is 109 Å². The molecule has 1 aliphatic heterocycles. The third-order valence-corrected chi connectivity index (χ3v) is 3.84. The zero-order chi connectivity index (χ0) is 13.2. The van der Waals surface area contributed by atoms with Gasteiger partial charge in [0.1, 0.15) is 18.0 Å². The fourth-order valence-electron chi connectivity index (χ4n) is 2.57. The largest absolute Gasteiger partial charge is 0.356 e. The van der Waals surface area contributed by atoms with E-state index >= 15 is 0 Å². The normalized spacial score (nSPS) is 17.9. The number of nitrogens with two attached hydrogens (primary N) is 1. The summed E-state index contributed by atoms with van der Waals surface area (Å²) in [5.41, 5.74) is 2.97. The Hall–Kier alpha value is -1.36. The van der Waals surface area contributed by atoms with Crippen molar-refractivity contribution in [1.82, 2.24) is 9.97 Å². The number of nitrogens with zero attached hydrogens (tertiary/aromatic N) is 3. The SMILES string of the molecule is CC(C)(C)C1CCN(c2cc(NN)ncn2)CC1. The van der Waals surface area contributed by atoms with Crippen LogP contribution >= 0.6 is 0 Å². The van der Waals surface area contributed by atoms with Crippen molar-refractivity contribution < 1.29 is 0 Å². The van der Waals surface area contributed by atoms with E-state index in [1.165, 1.54) is 12.8 Å².